The Morgan fingerprint density at radius 3 is 2.77 bits per heavy atom. The van der Waals surface area contributed by atoms with E-state index in [1.807, 2.05) is 19.2 Å². The molecule has 0 atom stereocenters. The van der Waals surface area contributed by atoms with E-state index in [1.165, 1.54) is 18.2 Å². The second-order valence-corrected chi connectivity index (χ2v) is 5.57. The minimum Gasteiger partial charge on any atom is -0.356 e. The number of nitrogens with zero attached hydrogens (tertiary/aromatic N) is 2. The molecule has 5 heteroatoms. The molecule has 2 aromatic rings. The first kappa shape index (κ1) is 17.0. The highest BCUT2D eigenvalue weighted by molar-refractivity contribution is 14.0. The smallest absolute Gasteiger partial charge is 0.190 e. The van der Waals surface area contributed by atoms with Crippen molar-refractivity contribution >= 4 is 40.8 Å². The summed E-state index contributed by atoms with van der Waals surface area (Å²) in [6.07, 6.45) is 3.60. The van der Waals surface area contributed by atoms with Crippen LogP contribution < -0.4 is 10.6 Å². The van der Waals surface area contributed by atoms with Crippen LogP contribution in [0.5, 0.6) is 0 Å². The third-order valence-corrected chi connectivity index (χ3v) is 3.81. The number of rotatable bonds is 5. The number of aliphatic imine (C=N–C) groups is 1. The molecule has 1 saturated carbocycles. The van der Waals surface area contributed by atoms with Gasteiger partial charge in [-0.15, -0.1) is 24.0 Å². The number of para-hydroxylation sites is 1. The van der Waals surface area contributed by atoms with Gasteiger partial charge in [0, 0.05) is 37.6 Å². The van der Waals surface area contributed by atoms with Gasteiger partial charge in [0.05, 0.1) is 5.52 Å². The minimum atomic E-state index is 0. The fraction of sp³-hybridized carbons (Fsp3) is 0.412. The van der Waals surface area contributed by atoms with Crippen molar-refractivity contribution in [3.8, 4) is 0 Å². The molecule has 118 valence electrons. The monoisotopic (exact) mass is 410 g/mol. The van der Waals surface area contributed by atoms with E-state index in [9.17, 15) is 0 Å². The second-order valence-electron chi connectivity index (χ2n) is 5.57. The number of guanidine groups is 1. The van der Waals surface area contributed by atoms with Crippen molar-refractivity contribution in [2.24, 2.45) is 10.9 Å². The van der Waals surface area contributed by atoms with Crippen molar-refractivity contribution < 1.29 is 0 Å². The molecular formula is C17H23IN4. The minimum absolute atomic E-state index is 0. The molecule has 0 spiro atoms. The Bertz CT molecular complexity index is 637. The normalized spacial score (nSPS) is 14.5. The Balaban J connectivity index is 0.00000176. The lowest BCUT2D eigenvalue weighted by Crippen LogP contribution is -2.39. The fourth-order valence-electron chi connectivity index (χ4n) is 2.34. The van der Waals surface area contributed by atoms with Crippen molar-refractivity contribution in [2.45, 2.75) is 19.3 Å². The second kappa shape index (κ2) is 8.31. The Labute approximate surface area is 148 Å². The maximum absolute atomic E-state index is 4.68. The van der Waals surface area contributed by atoms with E-state index in [2.05, 4.69) is 44.9 Å². The van der Waals surface area contributed by atoms with Crippen LogP contribution in [0.1, 0.15) is 18.5 Å². The Hall–Kier alpha value is -1.37. The van der Waals surface area contributed by atoms with Gasteiger partial charge in [-0.1, -0.05) is 24.3 Å². The number of fused-ring (bicyclic) bond motifs is 1. The molecule has 3 rings (SSSR count). The van der Waals surface area contributed by atoms with Crippen LogP contribution in [0.2, 0.25) is 0 Å². The lowest BCUT2D eigenvalue weighted by molar-refractivity contribution is 0.732. The first-order valence-electron chi connectivity index (χ1n) is 7.64. The molecule has 2 N–H and O–H groups in total. The average Bonchev–Trinajstić information content (AvgIpc) is 3.35. The largest absolute Gasteiger partial charge is 0.356 e. The summed E-state index contributed by atoms with van der Waals surface area (Å²) in [5.74, 6) is 1.74. The predicted octanol–water partition coefficient (Wildman–Crippen LogP) is 2.97. The molecule has 1 aliphatic carbocycles. The van der Waals surface area contributed by atoms with Gasteiger partial charge in [-0.25, -0.2) is 0 Å². The number of aromatic nitrogens is 1. The van der Waals surface area contributed by atoms with Crippen LogP contribution in [0.3, 0.4) is 0 Å². The van der Waals surface area contributed by atoms with Crippen LogP contribution >= 0.6 is 24.0 Å². The van der Waals surface area contributed by atoms with Crippen LogP contribution in [-0.2, 0) is 6.42 Å². The molecule has 1 heterocycles. The molecule has 0 aliphatic heterocycles. The molecule has 22 heavy (non-hydrogen) atoms. The molecule has 0 radical (unpaired) electrons. The fourth-order valence-corrected chi connectivity index (χ4v) is 2.34. The number of hydrogen-bond acceptors (Lipinski definition) is 2. The van der Waals surface area contributed by atoms with Crippen LogP contribution in [0, 0.1) is 5.92 Å². The number of pyridine rings is 1. The van der Waals surface area contributed by atoms with Crippen molar-refractivity contribution in [1.29, 1.82) is 0 Å². The average molecular weight is 410 g/mol. The van der Waals surface area contributed by atoms with E-state index in [1.54, 1.807) is 0 Å². The summed E-state index contributed by atoms with van der Waals surface area (Å²) in [5.41, 5.74) is 2.17. The molecular weight excluding hydrogens is 387 g/mol. The Morgan fingerprint density at radius 2 is 2.00 bits per heavy atom. The quantitative estimate of drug-likeness (QED) is 0.453. The lowest BCUT2D eigenvalue weighted by Gasteiger charge is -2.11. The van der Waals surface area contributed by atoms with Gasteiger partial charge in [0.15, 0.2) is 5.96 Å². The molecule has 4 nitrogen and oxygen atoms in total. The summed E-state index contributed by atoms with van der Waals surface area (Å²) in [7, 11) is 1.82. The SMILES string of the molecule is CN=C(NCCc1ccc2ccccc2n1)NCC1CC1.I. The van der Waals surface area contributed by atoms with E-state index in [-0.39, 0.29) is 24.0 Å². The summed E-state index contributed by atoms with van der Waals surface area (Å²) >= 11 is 0. The van der Waals surface area contributed by atoms with Gasteiger partial charge in [-0.2, -0.15) is 0 Å². The highest BCUT2D eigenvalue weighted by Gasteiger charge is 2.20. The molecule has 0 amide bonds. The van der Waals surface area contributed by atoms with Gasteiger partial charge in [0.1, 0.15) is 0 Å². The van der Waals surface area contributed by atoms with Crippen molar-refractivity contribution in [2.75, 3.05) is 20.1 Å². The summed E-state index contributed by atoms with van der Waals surface area (Å²) in [4.78, 5) is 8.92. The third kappa shape index (κ3) is 4.83. The van der Waals surface area contributed by atoms with Crippen molar-refractivity contribution in [3.05, 3.63) is 42.1 Å². The zero-order valence-corrected chi connectivity index (χ0v) is 15.2. The zero-order valence-electron chi connectivity index (χ0n) is 12.9. The van der Waals surface area contributed by atoms with E-state index in [4.69, 9.17) is 0 Å². The van der Waals surface area contributed by atoms with Crippen LogP contribution in [0.4, 0.5) is 0 Å². The first-order valence-corrected chi connectivity index (χ1v) is 7.64. The Morgan fingerprint density at radius 1 is 1.18 bits per heavy atom. The predicted molar refractivity (Wildman–Crippen MR) is 103 cm³/mol. The van der Waals surface area contributed by atoms with E-state index in [0.717, 1.165) is 42.6 Å². The van der Waals surface area contributed by atoms with E-state index >= 15 is 0 Å². The maximum atomic E-state index is 4.68. The highest BCUT2D eigenvalue weighted by Crippen LogP contribution is 2.27. The van der Waals surface area contributed by atoms with Crippen LogP contribution in [0.15, 0.2) is 41.4 Å². The maximum Gasteiger partial charge on any atom is 0.190 e. The lowest BCUT2D eigenvalue weighted by atomic mass is 10.2. The third-order valence-electron chi connectivity index (χ3n) is 3.81. The van der Waals surface area contributed by atoms with Crippen LogP contribution in [-0.4, -0.2) is 31.1 Å². The molecule has 1 aromatic heterocycles. The zero-order chi connectivity index (χ0) is 14.5. The van der Waals surface area contributed by atoms with Gasteiger partial charge in [-0.3, -0.25) is 9.98 Å². The van der Waals surface area contributed by atoms with Crippen LogP contribution in [0.25, 0.3) is 10.9 Å². The summed E-state index contributed by atoms with van der Waals surface area (Å²) in [6.45, 7) is 1.88. The summed E-state index contributed by atoms with van der Waals surface area (Å²) in [6, 6.07) is 12.5. The number of hydrogen-bond donors (Lipinski definition) is 2. The van der Waals surface area contributed by atoms with Gasteiger partial charge >= 0.3 is 0 Å². The molecule has 1 aliphatic rings. The summed E-state index contributed by atoms with van der Waals surface area (Å²) in [5, 5.41) is 7.90. The van der Waals surface area contributed by atoms with Gasteiger partial charge in [0.25, 0.3) is 0 Å². The first-order chi connectivity index (χ1) is 10.3. The van der Waals surface area contributed by atoms with Gasteiger partial charge in [-0.05, 0) is 30.9 Å². The molecule has 0 unspecified atom stereocenters. The highest BCUT2D eigenvalue weighted by atomic mass is 127. The molecule has 1 fully saturated rings. The van der Waals surface area contributed by atoms with Gasteiger partial charge < -0.3 is 10.6 Å². The summed E-state index contributed by atoms with van der Waals surface area (Å²) < 4.78 is 0. The van der Waals surface area contributed by atoms with E-state index in [0.29, 0.717) is 0 Å². The number of halogens is 1. The van der Waals surface area contributed by atoms with Crippen molar-refractivity contribution in [1.82, 2.24) is 15.6 Å². The molecule has 0 saturated heterocycles. The standard InChI is InChI=1S/C17H22N4.HI/c1-18-17(20-12-13-6-7-13)19-11-10-15-9-8-14-4-2-3-5-16(14)21-15;/h2-5,8-9,13H,6-7,10-12H2,1H3,(H2,18,19,20);1H. The molecule has 1 aromatic carbocycles. The number of nitrogens with one attached hydrogen (secondary N) is 2. The van der Waals surface area contributed by atoms with E-state index < -0.39 is 0 Å². The molecule has 0 bridgehead atoms. The van der Waals surface area contributed by atoms with Gasteiger partial charge in [0.2, 0.25) is 0 Å². The topological polar surface area (TPSA) is 49.3 Å². The Kier molecular flexibility index (Phi) is 6.42. The van der Waals surface area contributed by atoms with Crippen molar-refractivity contribution in [3.63, 3.8) is 0 Å². The number of benzene rings is 1.